The fourth-order valence-electron chi connectivity index (χ4n) is 3.31. The number of amides is 1. The second-order valence-electron chi connectivity index (χ2n) is 5.89. The zero-order valence-electron chi connectivity index (χ0n) is 14.7. The number of para-hydroxylation sites is 1. The van der Waals surface area contributed by atoms with Crippen molar-refractivity contribution in [3.63, 3.8) is 0 Å². The molecule has 2 aromatic heterocycles. The number of imidazole rings is 1. The van der Waals surface area contributed by atoms with E-state index in [0.717, 1.165) is 17.9 Å². The maximum atomic E-state index is 13.2. The summed E-state index contributed by atoms with van der Waals surface area (Å²) < 4.78 is 7.30. The van der Waals surface area contributed by atoms with E-state index in [2.05, 4.69) is 15.3 Å². The van der Waals surface area contributed by atoms with Crippen molar-refractivity contribution in [2.24, 2.45) is 0 Å². The third-order valence-electron chi connectivity index (χ3n) is 4.52. The Labute approximate surface area is 169 Å². The van der Waals surface area contributed by atoms with Crippen LogP contribution in [-0.4, -0.2) is 51.9 Å². The summed E-state index contributed by atoms with van der Waals surface area (Å²) in [5.74, 6) is 0.662. The lowest BCUT2D eigenvalue weighted by molar-refractivity contribution is 0.0627. The number of nitrogens with one attached hydrogen (secondary N) is 1. The molecule has 3 aromatic rings. The Bertz CT molecular complexity index is 917. The van der Waals surface area contributed by atoms with Gasteiger partial charge in [0.2, 0.25) is 0 Å². The van der Waals surface area contributed by atoms with Crippen LogP contribution in [0, 0.1) is 0 Å². The molecule has 1 aliphatic heterocycles. The molecule has 0 bridgehead atoms. The molecule has 1 fully saturated rings. The summed E-state index contributed by atoms with van der Waals surface area (Å²) in [5.41, 5.74) is 1.93. The number of rotatable bonds is 3. The molecular weight excluding hydrogens is 389 g/mol. The minimum Gasteiger partial charge on any atom is -0.496 e. The van der Waals surface area contributed by atoms with Gasteiger partial charge in [0, 0.05) is 50.0 Å². The molecule has 9 heteroatoms. The van der Waals surface area contributed by atoms with Crippen molar-refractivity contribution < 1.29 is 9.53 Å². The monoisotopic (exact) mass is 409 g/mol. The molecule has 1 aromatic carbocycles. The lowest BCUT2D eigenvalue weighted by atomic mass is 10.0. The summed E-state index contributed by atoms with van der Waals surface area (Å²) in [6.45, 7) is 2.02. The molecule has 3 heterocycles. The number of fused-ring (bicyclic) bond motifs is 1. The van der Waals surface area contributed by atoms with E-state index in [0.29, 0.717) is 24.4 Å². The Hall–Kier alpha value is -2.35. The first-order chi connectivity index (χ1) is 12.3. The number of carbonyl (C=O) groups is 1. The van der Waals surface area contributed by atoms with Crippen LogP contribution in [0.25, 0.3) is 5.65 Å². The predicted octanol–water partition coefficient (Wildman–Crippen LogP) is 2.37. The molecule has 1 atom stereocenters. The molecule has 0 saturated carbocycles. The van der Waals surface area contributed by atoms with Gasteiger partial charge in [-0.15, -0.1) is 24.8 Å². The molecule has 1 unspecified atom stereocenters. The number of ether oxygens (including phenoxy) is 1. The molecule has 7 nitrogen and oxygen atoms in total. The van der Waals surface area contributed by atoms with E-state index in [9.17, 15) is 4.79 Å². The molecule has 4 rings (SSSR count). The summed E-state index contributed by atoms with van der Waals surface area (Å²) in [7, 11) is 1.65. The average molecular weight is 410 g/mol. The number of hydrogen-bond acceptors (Lipinski definition) is 5. The standard InChI is InChI=1S/C18H19N5O2.2ClH/c1-25-15-5-3-2-4-13(15)14-12-19-6-11-23(14)18(24)16-17-21-8-10-22(17)9-7-20-16;;/h2-5,7-10,14,19H,6,11-12H2,1H3;2*1H. The van der Waals surface area contributed by atoms with Crippen molar-refractivity contribution in [3.05, 3.63) is 60.3 Å². The fourth-order valence-corrected chi connectivity index (χ4v) is 3.31. The Balaban J connectivity index is 0.00000131. The van der Waals surface area contributed by atoms with Gasteiger partial charge in [-0.25, -0.2) is 9.97 Å². The molecule has 1 amide bonds. The molecule has 0 spiro atoms. The van der Waals surface area contributed by atoms with Crippen molar-refractivity contribution in [1.29, 1.82) is 0 Å². The van der Waals surface area contributed by atoms with Crippen LogP contribution in [0.5, 0.6) is 5.75 Å². The highest BCUT2D eigenvalue weighted by Crippen LogP contribution is 2.31. The van der Waals surface area contributed by atoms with E-state index in [-0.39, 0.29) is 36.8 Å². The Morgan fingerprint density at radius 3 is 2.70 bits per heavy atom. The highest BCUT2D eigenvalue weighted by atomic mass is 35.5. The second-order valence-corrected chi connectivity index (χ2v) is 5.89. The van der Waals surface area contributed by atoms with Crippen LogP contribution in [-0.2, 0) is 0 Å². The van der Waals surface area contributed by atoms with E-state index in [1.54, 1.807) is 30.1 Å². The van der Waals surface area contributed by atoms with E-state index in [1.165, 1.54) is 0 Å². The lowest BCUT2D eigenvalue weighted by Gasteiger charge is -2.36. The summed E-state index contributed by atoms with van der Waals surface area (Å²) >= 11 is 0. The summed E-state index contributed by atoms with van der Waals surface area (Å²) in [5, 5.41) is 3.36. The van der Waals surface area contributed by atoms with Crippen LogP contribution in [0.2, 0.25) is 0 Å². The number of benzene rings is 1. The maximum Gasteiger partial charge on any atom is 0.276 e. The number of piperazine rings is 1. The number of aromatic nitrogens is 3. The van der Waals surface area contributed by atoms with Gasteiger partial charge in [0.1, 0.15) is 5.75 Å². The summed E-state index contributed by atoms with van der Waals surface area (Å²) in [4.78, 5) is 23.7. The van der Waals surface area contributed by atoms with Crippen LogP contribution >= 0.6 is 24.8 Å². The van der Waals surface area contributed by atoms with E-state index in [1.807, 2.05) is 35.4 Å². The van der Waals surface area contributed by atoms with Gasteiger partial charge < -0.3 is 19.4 Å². The predicted molar refractivity (Wildman–Crippen MR) is 107 cm³/mol. The molecule has 0 radical (unpaired) electrons. The van der Waals surface area contributed by atoms with Crippen LogP contribution in [0.4, 0.5) is 0 Å². The average Bonchev–Trinajstić information content (AvgIpc) is 3.16. The minimum absolute atomic E-state index is 0. The lowest BCUT2D eigenvalue weighted by Crippen LogP contribution is -2.49. The Morgan fingerprint density at radius 2 is 1.93 bits per heavy atom. The van der Waals surface area contributed by atoms with Crippen LogP contribution < -0.4 is 10.1 Å². The van der Waals surface area contributed by atoms with Gasteiger partial charge in [-0.3, -0.25) is 4.79 Å². The first kappa shape index (κ1) is 21.0. The van der Waals surface area contributed by atoms with Gasteiger partial charge in [0.05, 0.1) is 13.2 Å². The smallest absolute Gasteiger partial charge is 0.276 e. The van der Waals surface area contributed by atoms with Crippen molar-refractivity contribution in [2.75, 3.05) is 26.7 Å². The summed E-state index contributed by atoms with van der Waals surface area (Å²) in [6, 6.07) is 7.69. The summed E-state index contributed by atoms with van der Waals surface area (Å²) in [6.07, 6.45) is 6.89. The van der Waals surface area contributed by atoms with Crippen LogP contribution in [0.3, 0.4) is 0 Å². The van der Waals surface area contributed by atoms with Gasteiger partial charge in [0.25, 0.3) is 5.91 Å². The largest absolute Gasteiger partial charge is 0.496 e. The van der Waals surface area contributed by atoms with E-state index < -0.39 is 0 Å². The van der Waals surface area contributed by atoms with Crippen molar-refractivity contribution in [3.8, 4) is 5.75 Å². The number of carbonyl (C=O) groups excluding carboxylic acids is 1. The molecule has 27 heavy (non-hydrogen) atoms. The fraction of sp³-hybridized carbons (Fsp3) is 0.278. The van der Waals surface area contributed by atoms with Gasteiger partial charge >= 0.3 is 0 Å². The zero-order chi connectivity index (χ0) is 17.2. The highest BCUT2D eigenvalue weighted by molar-refractivity contribution is 5.98. The minimum atomic E-state index is -0.116. The molecule has 1 aliphatic rings. The highest BCUT2D eigenvalue weighted by Gasteiger charge is 2.32. The third kappa shape index (κ3) is 3.85. The van der Waals surface area contributed by atoms with Crippen LogP contribution in [0.1, 0.15) is 22.1 Å². The first-order valence-electron chi connectivity index (χ1n) is 8.22. The van der Waals surface area contributed by atoms with Gasteiger partial charge in [-0.2, -0.15) is 0 Å². The number of nitrogens with zero attached hydrogens (tertiary/aromatic N) is 4. The number of halogens is 2. The van der Waals surface area contributed by atoms with Gasteiger partial charge in [0.15, 0.2) is 11.3 Å². The third-order valence-corrected chi connectivity index (χ3v) is 4.52. The normalized spacial score (nSPS) is 16.3. The SMILES string of the molecule is COc1ccccc1C1CNCCN1C(=O)c1nccn2ccnc12.Cl.Cl. The molecule has 1 N–H and O–H groups in total. The van der Waals surface area contributed by atoms with Crippen LogP contribution in [0.15, 0.2) is 49.1 Å². The maximum absolute atomic E-state index is 13.2. The Morgan fingerprint density at radius 1 is 1.19 bits per heavy atom. The van der Waals surface area contributed by atoms with Gasteiger partial charge in [-0.1, -0.05) is 18.2 Å². The molecule has 144 valence electrons. The molecule has 0 aliphatic carbocycles. The van der Waals surface area contributed by atoms with Crippen molar-refractivity contribution in [2.45, 2.75) is 6.04 Å². The van der Waals surface area contributed by atoms with Crippen molar-refractivity contribution >= 4 is 36.4 Å². The number of hydrogen-bond donors (Lipinski definition) is 1. The van der Waals surface area contributed by atoms with Gasteiger partial charge in [-0.05, 0) is 6.07 Å². The quantitative estimate of drug-likeness (QED) is 0.718. The van der Waals surface area contributed by atoms with E-state index >= 15 is 0 Å². The molecule has 1 saturated heterocycles. The zero-order valence-corrected chi connectivity index (χ0v) is 16.4. The second kappa shape index (κ2) is 9.03. The number of methoxy groups -OCH3 is 1. The molecular formula is C18H21Cl2N5O2. The topological polar surface area (TPSA) is 71.8 Å². The Kier molecular flexibility index (Phi) is 7.01. The van der Waals surface area contributed by atoms with Crippen molar-refractivity contribution in [1.82, 2.24) is 24.6 Å². The first-order valence-corrected chi connectivity index (χ1v) is 8.22. The van der Waals surface area contributed by atoms with E-state index in [4.69, 9.17) is 4.74 Å².